The number of ether oxygens (including phenoxy) is 1. The summed E-state index contributed by atoms with van der Waals surface area (Å²) in [5.41, 5.74) is 0.154. The first-order valence-electron chi connectivity index (χ1n) is 4.73. The summed E-state index contributed by atoms with van der Waals surface area (Å²) in [4.78, 5) is 11.8. The van der Waals surface area contributed by atoms with Crippen molar-refractivity contribution >= 4 is 23.2 Å². The summed E-state index contributed by atoms with van der Waals surface area (Å²) in [5.74, 6) is 0.588. The Morgan fingerprint density at radius 1 is 1.47 bits per heavy atom. The second-order valence-corrected chi connectivity index (χ2v) is 4.70. The number of benzene rings is 1. The summed E-state index contributed by atoms with van der Waals surface area (Å²) in [7, 11) is 0. The highest BCUT2D eigenvalue weighted by atomic mass is 35.5. The summed E-state index contributed by atoms with van der Waals surface area (Å²) in [6.07, 6.45) is 0. The average Bonchev–Trinajstić information content (AvgIpc) is 2.27. The molecule has 1 aliphatic rings. The number of hydrogen-bond donors (Lipinski definition) is 1. The molecule has 1 N–H and O–H groups in total. The van der Waals surface area contributed by atoms with Crippen LogP contribution in [0, 0.1) is 5.41 Å². The molecule has 0 fully saturated rings. The van der Waals surface area contributed by atoms with E-state index in [0.29, 0.717) is 23.1 Å². The van der Waals surface area contributed by atoms with Gasteiger partial charge in [0, 0.05) is 11.1 Å². The SMILES string of the molecule is CC1(C)COc2cc(Cl)ccc2NC1=O. The Labute approximate surface area is 93.4 Å². The number of carbonyl (C=O) groups is 1. The third-order valence-corrected chi connectivity index (χ3v) is 2.63. The summed E-state index contributed by atoms with van der Waals surface area (Å²) in [6.45, 7) is 4.04. The maximum absolute atomic E-state index is 11.8. The molecule has 0 atom stereocenters. The van der Waals surface area contributed by atoms with Crippen LogP contribution in [0.2, 0.25) is 5.02 Å². The van der Waals surface area contributed by atoms with Crippen molar-refractivity contribution in [1.29, 1.82) is 0 Å². The predicted molar refractivity (Wildman–Crippen MR) is 59.4 cm³/mol. The van der Waals surface area contributed by atoms with Crippen LogP contribution in [-0.2, 0) is 4.79 Å². The van der Waals surface area contributed by atoms with Crippen molar-refractivity contribution in [2.45, 2.75) is 13.8 Å². The van der Waals surface area contributed by atoms with E-state index in [4.69, 9.17) is 16.3 Å². The number of fused-ring (bicyclic) bond motifs is 1. The lowest BCUT2D eigenvalue weighted by Gasteiger charge is -2.18. The molecular formula is C11H12ClNO2. The van der Waals surface area contributed by atoms with E-state index in [-0.39, 0.29) is 5.91 Å². The van der Waals surface area contributed by atoms with Crippen LogP contribution in [0.25, 0.3) is 0 Å². The van der Waals surface area contributed by atoms with Crippen molar-refractivity contribution in [3.63, 3.8) is 0 Å². The number of anilines is 1. The largest absolute Gasteiger partial charge is 0.490 e. The Kier molecular flexibility index (Phi) is 2.35. The van der Waals surface area contributed by atoms with Gasteiger partial charge in [0.05, 0.1) is 11.1 Å². The van der Waals surface area contributed by atoms with Crippen LogP contribution in [0.5, 0.6) is 5.75 Å². The van der Waals surface area contributed by atoms with Gasteiger partial charge in [0.2, 0.25) is 5.91 Å². The lowest BCUT2D eigenvalue weighted by atomic mass is 9.94. The first-order valence-corrected chi connectivity index (χ1v) is 5.11. The van der Waals surface area contributed by atoms with Gasteiger partial charge in [0.1, 0.15) is 12.4 Å². The van der Waals surface area contributed by atoms with Crippen LogP contribution in [0.3, 0.4) is 0 Å². The van der Waals surface area contributed by atoms with E-state index in [1.54, 1.807) is 18.2 Å². The van der Waals surface area contributed by atoms with Crippen LogP contribution >= 0.6 is 11.6 Å². The van der Waals surface area contributed by atoms with Crippen molar-refractivity contribution in [3.8, 4) is 5.75 Å². The van der Waals surface area contributed by atoms with Crippen LogP contribution < -0.4 is 10.1 Å². The summed E-state index contributed by atoms with van der Waals surface area (Å²) in [5, 5.41) is 3.42. The molecule has 1 aliphatic heterocycles. The van der Waals surface area contributed by atoms with Crippen LogP contribution in [0.4, 0.5) is 5.69 Å². The fourth-order valence-corrected chi connectivity index (χ4v) is 1.50. The molecule has 0 radical (unpaired) electrons. The molecule has 80 valence electrons. The van der Waals surface area contributed by atoms with Crippen molar-refractivity contribution in [3.05, 3.63) is 23.2 Å². The van der Waals surface area contributed by atoms with Crippen LogP contribution in [0.15, 0.2) is 18.2 Å². The molecule has 4 heteroatoms. The number of amides is 1. The molecule has 1 amide bonds. The van der Waals surface area contributed by atoms with Gasteiger partial charge in [-0.15, -0.1) is 0 Å². The minimum absolute atomic E-state index is 0.0384. The molecule has 2 rings (SSSR count). The normalized spacial score (nSPS) is 18.5. The highest BCUT2D eigenvalue weighted by molar-refractivity contribution is 6.30. The van der Waals surface area contributed by atoms with Crippen LogP contribution in [-0.4, -0.2) is 12.5 Å². The molecule has 15 heavy (non-hydrogen) atoms. The van der Waals surface area contributed by atoms with E-state index in [2.05, 4.69) is 5.32 Å². The van der Waals surface area contributed by atoms with Gasteiger partial charge in [0.25, 0.3) is 0 Å². The molecule has 0 spiro atoms. The Morgan fingerprint density at radius 2 is 2.20 bits per heavy atom. The van der Waals surface area contributed by atoms with Gasteiger partial charge >= 0.3 is 0 Å². The van der Waals surface area contributed by atoms with E-state index in [0.717, 1.165) is 0 Å². The maximum Gasteiger partial charge on any atom is 0.233 e. The van der Waals surface area contributed by atoms with Gasteiger partial charge in [-0.25, -0.2) is 0 Å². The average molecular weight is 226 g/mol. The topological polar surface area (TPSA) is 38.3 Å². The number of halogens is 1. The van der Waals surface area contributed by atoms with E-state index in [1.807, 2.05) is 13.8 Å². The van der Waals surface area contributed by atoms with Gasteiger partial charge in [-0.1, -0.05) is 11.6 Å². The Bertz CT molecular complexity index is 415. The molecule has 3 nitrogen and oxygen atoms in total. The molecular weight excluding hydrogens is 214 g/mol. The zero-order valence-electron chi connectivity index (χ0n) is 8.63. The van der Waals surface area contributed by atoms with Crippen molar-refractivity contribution in [2.75, 3.05) is 11.9 Å². The number of nitrogens with one attached hydrogen (secondary N) is 1. The zero-order chi connectivity index (χ0) is 11.1. The third-order valence-electron chi connectivity index (χ3n) is 2.40. The molecule has 0 saturated heterocycles. The highest BCUT2D eigenvalue weighted by Crippen LogP contribution is 2.33. The molecule has 1 aromatic carbocycles. The van der Waals surface area contributed by atoms with E-state index in [9.17, 15) is 4.79 Å². The lowest BCUT2D eigenvalue weighted by molar-refractivity contribution is -0.124. The van der Waals surface area contributed by atoms with Crippen LogP contribution in [0.1, 0.15) is 13.8 Å². The summed E-state index contributed by atoms with van der Waals surface area (Å²) in [6, 6.07) is 5.18. The van der Waals surface area contributed by atoms with E-state index >= 15 is 0 Å². The van der Waals surface area contributed by atoms with Crippen molar-refractivity contribution < 1.29 is 9.53 Å². The second-order valence-electron chi connectivity index (χ2n) is 4.27. The number of rotatable bonds is 0. The van der Waals surface area contributed by atoms with Gasteiger partial charge in [-0.2, -0.15) is 0 Å². The Balaban J connectivity index is 2.40. The first-order chi connectivity index (χ1) is 6.99. The zero-order valence-corrected chi connectivity index (χ0v) is 9.39. The van der Waals surface area contributed by atoms with Gasteiger partial charge in [-0.05, 0) is 26.0 Å². The molecule has 0 aromatic heterocycles. The second kappa shape index (κ2) is 3.42. The first kappa shape index (κ1) is 10.3. The molecule has 1 aromatic rings. The summed E-state index contributed by atoms with van der Waals surface area (Å²) >= 11 is 5.84. The monoisotopic (exact) mass is 225 g/mol. The standard InChI is InChI=1S/C11H12ClNO2/c1-11(2)6-15-9-5-7(12)3-4-8(9)13-10(11)14/h3-5H,6H2,1-2H3,(H,13,14). The maximum atomic E-state index is 11.8. The number of carbonyl (C=O) groups excluding carboxylic acids is 1. The Morgan fingerprint density at radius 3 is 2.93 bits per heavy atom. The fraction of sp³-hybridized carbons (Fsp3) is 0.364. The third kappa shape index (κ3) is 1.92. The molecule has 0 unspecified atom stereocenters. The predicted octanol–water partition coefficient (Wildman–Crippen LogP) is 2.70. The fourth-order valence-electron chi connectivity index (χ4n) is 1.33. The highest BCUT2D eigenvalue weighted by Gasteiger charge is 2.32. The molecule has 0 saturated carbocycles. The lowest BCUT2D eigenvalue weighted by Crippen LogP contribution is -2.33. The van der Waals surface area contributed by atoms with Gasteiger partial charge in [-0.3, -0.25) is 4.79 Å². The van der Waals surface area contributed by atoms with E-state index in [1.165, 1.54) is 0 Å². The van der Waals surface area contributed by atoms with Gasteiger partial charge < -0.3 is 10.1 Å². The molecule has 0 bridgehead atoms. The quantitative estimate of drug-likeness (QED) is 0.737. The van der Waals surface area contributed by atoms with E-state index < -0.39 is 5.41 Å². The van der Waals surface area contributed by atoms with Crippen molar-refractivity contribution in [1.82, 2.24) is 0 Å². The smallest absolute Gasteiger partial charge is 0.233 e. The molecule has 1 heterocycles. The number of hydrogen-bond acceptors (Lipinski definition) is 2. The van der Waals surface area contributed by atoms with Gasteiger partial charge in [0.15, 0.2) is 0 Å². The Hall–Kier alpha value is -1.22. The minimum Gasteiger partial charge on any atom is -0.490 e. The van der Waals surface area contributed by atoms with Crippen molar-refractivity contribution in [2.24, 2.45) is 5.41 Å². The molecule has 0 aliphatic carbocycles. The minimum atomic E-state index is -0.522. The summed E-state index contributed by atoms with van der Waals surface area (Å²) < 4.78 is 5.55.